The van der Waals surface area contributed by atoms with Crippen molar-refractivity contribution in [2.45, 2.75) is 6.92 Å². The summed E-state index contributed by atoms with van der Waals surface area (Å²) in [5.74, 6) is 0.764. The molecule has 0 aliphatic rings. The highest BCUT2D eigenvalue weighted by Gasteiger charge is 2.09. The number of benzene rings is 1. The number of hydrogen-bond donors (Lipinski definition) is 0. The van der Waals surface area contributed by atoms with Gasteiger partial charge in [-0.1, -0.05) is 6.07 Å². The van der Waals surface area contributed by atoms with Crippen LogP contribution in [-0.2, 0) is 11.8 Å². The van der Waals surface area contributed by atoms with Crippen LogP contribution in [0.25, 0.3) is 11.3 Å². The third-order valence-electron chi connectivity index (χ3n) is 3.27. The van der Waals surface area contributed by atoms with Crippen molar-refractivity contribution in [1.82, 2.24) is 4.57 Å². The van der Waals surface area contributed by atoms with Crippen LogP contribution in [0.3, 0.4) is 0 Å². The zero-order valence-corrected chi connectivity index (χ0v) is 13.9. The minimum absolute atomic E-state index is 0.0137. The van der Waals surface area contributed by atoms with E-state index >= 15 is 0 Å². The minimum Gasteiger partial charge on any atom is -0.491 e. The number of aryl methyl sites for hydroxylation is 1. The second-order valence-electron chi connectivity index (χ2n) is 4.75. The number of hydrogen-bond acceptors (Lipinski definition) is 3. The van der Waals surface area contributed by atoms with Gasteiger partial charge in [0.15, 0.2) is 0 Å². The normalized spacial score (nSPS) is 10.7. The van der Waals surface area contributed by atoms with Crippen molar-refractivity contribution in [3.8, 4) is 17.0 Å². The van der Waals surface area contributed by atoms with Crippen molar-refractivity contribution in [3.05, 3.63) is 50.7 Å². The van der Waals surface area contributed by atoms with Gasteiger partial charge in [-0.25, -0.2) is 0 Å². The van der Waals surface area contributed by atoms with E-state index in [9.17, 15) is 4.79 Å². The lowest BCUT2D eigenvalue weighted by Crippen LogP contribution is -2.20. The Bertz CT molecular complexity index is 694. The molecule has 1 aromatic carbocycles. The molecule has 0 radical (unpaired) electrons. The highest BCUT2D eigenvalue weighted by Crippen LogP contribution is 2.30. The Kier molecular flexibility index (Phi) is 5.20. The lowest BCUT2D eigenvalue weighted by atomic mass is 10.1. The quantitative estimate of drug-likeness (QED) is 0.777. The van der Waals surface area contributed by atoms with Crippen LogP contribution >= 0.6 is 15.9 Å². The molecule has 2 rings (SSSR count). The molecule has 0 aliphatic carbocycles. The average molecular weight is 352 g/mol. The Hall–Kier alpha value is -1.59. The van der Waals surface area contributed by atoms with Crippen molar-refractivity contribution in [3.63, 3.8) is 0 Å². The number of nitrogens with zero attached hydrogens (tertiary/aromatic N) is 1. The standard InChI is InChI=1S/C16H18BrNO3/c1-11-4-7-15(18(2)16(11)19)13-6-5-12(10-14(13)17)21-9-8-20-3/h4-7,10H,8-9H2,1-3H3. The van der Waals surface area contributed by atoms with Crippen LogP contribution in [0.1, 0.15) is 5.56 Å². The van der Waals surface area contributed by atoms with Crippen LogP contribution in [0.4, 0.5) is 0 Å². The summed E-state index contributed by atoms with van der Waals surface area (Å²) in [4.78, 5) is 12.0. The molecule has 112 valence electrons. The van der Waals surface area contributed by atoms with E-state index in [2.05, 4.69) is 15.9 Å². The van der Waals surface area contributed by atoms with E-state index in [1.54, 1.807) is 18.7 Å². The fourth-order valence-corrected chi connectivity index (χ4v) is 2.63. The summed E-state index contributed by atoms with van der Waals surface area (Å²) in [5, 5.41) is 0. The molecule has 21 heavy (non-hydrogen) atoms. The fraction of sp³-hybridized carbons (Fsp3) is 0.312. The first-order valence-corrected chi connectivity index (χ1v) is 7.42. The summed E-state index contributed by atoms with van der Waals surface area (Å²) in [5.41, 5.74) is 2.56. The lowest BCUT2D eigenvalue weighted by Gasteiger charge is -2.12. The molecule has 1 aromatic heterocycles. The van der Waals surface area contributed by atoms with Crippen LogP contribution in [0.5, 0.6) is 5.75 Å². The monoisotopic (exact) mass is 351 g/mol. The zero-order chi connectivity index (χ0) is 15.4. The Labute approximate surface area is 132 Å². The number of aromatic nitrogens is 1. The molecule has 0 aliphatic heterocycles. The fourth-order valence-electron chi connectivity index (χ4n) is 2.07. The summed E-state index contributed by atoms with van der Waals surface area (Å²) in [6, 6.07) is 9.52. The topological polar surface area (TPSA) is 40.5 Å². The first kappa shape index (κ1) is 15.8. The number of rotatable bonds is 5. The third kappa shape index (κ3) is 3.54. The zero-order valence-electron chi connectivity index (χ0n) is 12.4. The van der Waals surface area contributed by atoms with Crippen molar-refractivity contribution in [1.29, 1.82) is 0 Å². The Morgan fingerprint density at radius 3 is 2.62 bits per heavy atom. The van der Waals surface area contributed by atoms with Crippen molar-refractivity contribution >= 4 is 15.9 Å². The number of halogens is 1. The average Bonchev–Trinajstić information content (AvgIpc) is 2.46. The number of ether oxygens (including phenoxy) is 2. The largest absolute Gasteiger partial charge is 0.491 e. The highest BCUT2D eigenvalue weighted by atomic mass is 79.9. The lowest BCUT2D eigenvalue weighted by molar-refractivity contribution is 0.146. The van der Waals surface area contributed by atoms with Gasteiger partial charge >= 0.3 is 0 Å². The van der Waals surface area contributed by atoms with Crippen LogP contribution in [0.2, 0.25) is 0 Å². The van der Waals surface area contributed by atoms with Gasteiger partial charge in [-0.15, -0.1) is 0 Å². The molecule has 0 unspecified atom stereocenters. The van der Waals surface area contributed by atoms with Gasteiger partial charge in [0.2, 0.25) is 0 Å². The Morgan fingerprint density at radius 2 is 1.95 bits per heavy atom. The number of pyridine rings is 1. The molecular formula is C16H18BrNO3. The van der Waals surface area contributed by atoms with Crippen molar-refractivity contribution < 1.29 is 9.47 Å². The maximum Gasteiger partial charge on any atom is 0.253 e. The predicted octanol–water partition coefficient (Wildman–Crippen LogP) is 3.15. The molecule has 5 heteroatoms. The van der Waals surface area contributed by atoms with Crippen molar-refractivity contribution in [2.24, 2.45) is 7.05 Å². The van der Waals surface area contributed by atoms with E-state index in [1.807, 2.05) is 37.3 Å². The van der Waals surface area contributed by atoms with E-state index < -0.39 is 0 Å². The van der Waals surface area contributed by atoms with E-state index in [0.717, 1.165) is 27.0 Å². The van der Waals surface area contributed by atoms with Gasteiger partial charge in [0.05, 0.1) is 12.3 Å². The number of methoxy groups -OCH3 is 1. The van der Waals surface area contributed by atoms with Gasteiger partial charge in [0.25, 0.3) is 5.56 Å². The maximum atomic E-state index is 12.0. The molecule has 0 atom stereocenters. The molecule has 0 amide bonds. The maximum absolute atomic E-state index is 12.0. The molecule has 0 saturated heterocycles. The predicted molar refractivity (Wildman–Crippen MR) is 86.9 cm³/mol. The van der Waals surface area contributed by atoms with Crippen LogP contribution in [-0.4, -0.2) is 24.9 Å². The van der Waals surface area contributed by atoms with E-state index in [4.69, 9.17) is 9.47 Å². The first-order valence-electron chi connectivity index (χ1n) is 6.63. The summed E-state index contributed by atoms with van der Waals surface area (Å²) in [6.45, 7) is 2.87. The second-order valence-corrected chi connectivity index (χ2v) is 5.60. The third-order valence-corrected chi connectivity index (χ3v) is 3.92. The Balaban J connectivity index is 2.33. The highest BCUT2D eigenvalue weighted by molar-refractivity contribution is 9.10. The van der Waals surface area contributed by atoms with Gasteiger partial charge < -0.3 is 14.0 Å². The van der Waals surface area contributed by atoms with Crippen LogP contribution in [0.15, 0.2) is 39.6 Å². The molecule has 0 fully saturated rings. The SMILES string of the molecule is COCCOc1ccc(-c2ccc(C)c(=O)n2C)c(Br)c1. The molecule has 0 saturated carbocycles. The van der Waals surface area contributed by atoms with Gasteiger partial charge in [0, 0.05) is 29.8 Å². The Morgan fingerprint density at radius 1 is 1.19 bits per heavy atom. The molecular weight excluding hydrogens is 334 g/mol. The molecule has 4 nitrogen and oxygen atoms in total. The smallest absolute Gasteiger partial charge is 0.253 e. The molecule has 0 bridgehead atoms. The van der Waals surface area contributed by atoms with E-state index in [0.29, 0.717) is 13.2 Å². The van der Waals surface area contributed by atoms with Crippen molar-refractivity contribution in [2.75, 3.05) is 20.3 Å². The first-order chi connectivity index (χ1) is 10.0. The van der Waals surface area contributed by atoms with Gasteiger partial charge in [-0.3, -0.25) is 4.79 Å². The molecule has 1 heterocycles. The summed E-state index contributed by atoms with van der Waals surface area (Å²) in [7, 11) is 3.42. The van der Waals surface area contributed by atoms with E-state index in [-0.39, 0.29) is 5.56 Å². The van der Waals surface area contributed by atoms with Gasteiger partial charge in [0.1, 0.15) is 12.4 Å². The summed E-state index contributed by atoms with van der Waals surface area (Å²) < 4.78 is 13.1. The van der Waals surface area contributed by atoms with Gasteiger partial charge in [-0.2, -0.15) is 0 Å². The van der Waals surface area contributed by atoms with Gasteiger partial charge in [-0.05, 0) is 47.1 Å². The van der Waals surface area contributed by atoms with Crippen LogP contribution < -0.4 is 10.3 Å². The molecule has 2 aromatic rings. The molecule has 0 N–H and O–H groups in total. The van der Waals surface area contributed by atoms with Crippen LogP contribution in [0, 0.1) is 6.92 Å². The summed E-state index contributed by atoms with van der Waals surface area (Å²) in [6.07, 6.45) is 0. The second kappa shape index (κ2) is 6.91. The molecule has 0 spiro atoms. The summed E-state index contributed by atoms with van der Waals surface area (Å²) >= 11 is 3.54. The minimum atomic E-state index is 0.0137. The van der Waals surface area contributed by atoms with E-state index in [1.165, 1.54) is 0 Å².